The molecule has 0 amide bonds. The minimum absolute atomic E-state index is 0.161. The molecule has 0 spiro atoms. The van der Waals surface area contributed by atoms with Crippen molar-refractivity contribution >= 4 is 14.1 Å². The summed E-state index contributed by atoms with van der Waals surface area (Å²) >= 11 is 0. The number of carbonyl (C=O) groups excluding carboxylic acids is 1. The van der Waals surface area contributed by atoms with E-state index < -0.39 is 8.32 Å². The molecule has 3 atom stereocenters. The second-order valence-electron chi connectivity index (χ2n) is 8.54. The average molecular weight is 311 g/mol. The van der Waals surface area contributed by atoms with Crippen molar-refractivity contribution < 1.29 is 9.22 Å². The van der Waals surface area contributed by atoms with Crippen LogP contribution in [0.5, 0.6) is 0 Å². The lowest BCUT2D eigenvalue weighted by molar-refractivity contribution is -0.118. The molecule has 0 unspecified atom stereocenters. The molecule has 0 bridgehead atoms. The number of rotatable bonds is 5. The van der Waals surface area contributed by atoms with Crippen molar-refractivity contribution in [3.63, 3.8) is 0 Å². The Morgan fingerprint density at radius 3 is 2.33 bits per heavy atom. The third kappa shape index (κ3) is 4.78. The Balaban J connectivity index is 2.76. The van der Waals surface area contributed by atoms with Crippen molar-refractivity contribution in [3.05, 3.63) is 12.2 Å². The van der Waals surface area contributed by atoms with Gasteiger partial charge in [0.2, 0.25) is 0 Å². The molecule has 0 saturated heterocycles. The van der Waals surface area contributed by atoms with E-state index in [2.05, 4.69) is 53.8 Å². The van der Waals surface area contributed by atoms with Crippen molar-refractivity contribution in [1.29, 1.82) is 0 Å². The molecule has 0 aromatic rings. The zero-order valence-corrected chi connectivity index (χ0v) is 16.2. The van der Waals surface area contributed by atoms with Crippen LogP contribution in [-0.4, -0.2) is 20.7 Å². The number of hydrogen-bond acceptors (Lipinski definition) is 2. The molecular formula is C18H34O2Si. The summed E-state index contributed by atoms with van der Waals surface area (Å²) in [5.74, 6) is 1.99. The van der Waals surface area contributed by atoms with E-state index >= 15 is 0 Å². The van der Waals surface area contributed by atoms with Gasteiger partial charge in [-0.3, -0.25) is 4.79 Å². The molecule has 0 aliphatic heterocycles. The second kappa shape index (κ2) is 6.78. The van der Waals surface area contributed by atoms with Crippen LogP contribution in [0.25, 0.3) is 0 Å². The number of carbonyl (C=O) groups is 1. The van der Waals surface area contributed by atoms with Crippen LogP contribution in [0.1, 0.15) is 48.0 Å². The van der Waals surface area contributed by atoms with E-state index in [1.165, 1.54) is 0 Å². The van der Waals surface area contributed by atoms with E-state index in [0.717, 1.165) is 13.0 Å². The summed E-state index contributed by atoms with van der Waals surface area (Å²) in [5.41, 5.74) is 0. The van der Waals surface area contributed by atoms with Gasteiger partial charge < -0.3 is 4.43 Å². The molecule has 122 valence electrons. The first-order valence-electron chi connectivity index (χ1n) is 8.31. The molecule has 0 aromatic carbocycles. The van der Waals surface area contributed by atoms with E-state index in [1.807, 2.05) is 6.92 Å². The van der Waals surface area contributed by atoms with E-state index in [-0.39, 0.29) is 16.7 Å². The summed E-state index contributed by atoms with van der Waals surface area (Å²) in [6, 6.07) is 0. The summed E-state index contributed by atoms with van der Waals surface area (Å²) in [7, 11) is -1.70. The minimum Gasteiger partial charge on any atom is -0.417 e. The first kappa shape index (κ1) is 18.6. The molecule has 3 heteroatoms. The summed E-state index contributed by atoms with van der Waals surface area (Å²) < 4.78 is 6.45. The molecule has 21 heavy (non-hydrogen) atoms. The van der Waals surface area contributed by atoms with E-state index in [4.69, 9.17) is 4.43 Å². The van der Waals surface area contributed by atoms with Crippen molar-refractivity contribution in [3.8, 4) is 0 Å². The van der Waals surface area contributed by atoms with Gasteiger partial charge in [-0.05, 0) is 48.4 Å². The summed E-state index contributed by atoms with van der Waals surface area (Å²) in [4.78, 5) is 11.7. The highest BCUT2D eigenvalue weighted by molar-refractivity contribution is 6.74. The Morgan fingerprint density at radius 2 is 1.90 bits per heavy atom. The van der Waals surface area contributed by atoms with Crippen LogP contribution in [0.4, 0.5) is 0 Å². The largest absolute Gasteiger partial charge is 0.417 e. The van der Waals surface area contributed by atoms with Crippen molar-refractivity contribution in [2.45, 2.75) is 66.1 Å². The molecule has 2 nitrogen and oxygen atoms in total. The van der Waals surface area contributed by atoms with E-state index in [0.29, 0.717) is 17.8 Å². The highest BCUT2D eigenvalue weighted by Crippen LogP contribution is 2.38. The van der Waals surface area contributed by atoms with Crippen LogP contribution in [0.3, 0.4) is 0 Å². The van der Waals surface area contributed by atoms with Gasteiger partial charge >= 0.3 is 0 Å². The quantitative estimate of drug-likeness (QED) is 0.663. The summed E-state index contributed by atoms with van der Waals surface area (Å²) in [6.45, 7) is 18.9. The highest BCUT2D eigenvalue weighted by Gasteiger charge is 2.39. The SMILES string of the molecule is CC(C)[C@H](CO[Si](C)(C)C(C)(C)C)[C@H]1C=CC(=O)[C@H](C)C1. The Labute approximate surface area is 132 Å². The molecule has 0 fully saturated rings. The van der Waals surface area contributed by atoms with Gasteiger partial charge in [-0.25, -0.2) is 0 Å². The van der Waals surface area contributed by atoms with Gasteiger partial charge in [0.15, 0.2) is 14.1 Å². The molecule has 1 aliphatic carbocycles. The maximum atomic E-state index is 11.7. The molecule has 0 saturated carbocycles. The molecule has 0 radical (unpaired) electrons. The predicted octanol–water partition coefficient (Wildman–Crippen LogP) is 5.06. The lowest BCUT2D eigenvalue weighted by Gasteiger charge is -2.39. The Hall–Kier alpha value is -0.413. The standard InChI is InChI=1S/C18H34O2Si/c1-13(2)16(12-20-21(7,8)18(4,5)6)15-9-10-17(19)14(3)11-15/h9-10,13-16H,11-12H2,1-8H3/t14-,15+,16+/m1/s1. The Bertz CT molecular complexity index is 391. The fourth-order valence-corrected chi connectivity index (χ4v) is 3.68. The zero-order chi connectivity index (χ0) is 16.4. The van der Waals surface area contributed by atoms with Crippen molar-refractivity contribution in [2.24, 2.45) is 23.7 Å². The molecule has 1 aliphatic rings. The summed E-state index contributed by atoms with van der Waals surface area (Å²) in [6.07, 6.45) is 4.89. The maximum Gasteiger partial charge on any atom is 0.191 e. The fraction of sp³-hybridized carbons (Fsp3) is 0.833. The Kier molecular flexibility index (Phi) is 6.02. The van der Waals surface area contributed by atoms with Gasteiger partial charge in [0.1, 0.15) is 0 Å². The number of allylic oxidation sites excluding steroid dienone is 2. The van der Waals surface area contributed by atoms with E-state index in [1.54, 1.807) is 6.08 Å². The van der Waals surface area contributed by atoms with Gasteiger partial charge in [-0.1, -0.05) is 47.6 Å². The molecule has 0 aromatic heterocycles. The van der Waals surface area contributed by atoms with Gasteiger partial charge in [-0.2, -0.15) is 0 Å². The first-order valence-corrected chi connectivity index (χ1v) is 11.2. The van der Waals surface area contributed by atoms with Crippen LogP contribution in [0, 0.1) is 23.7 Å². The average Bonchev–Trinajstić information content (AvgIpc) is 2.31. The van der Waals surface area contributed by atoms with Crippen LogP contribution in [0.2, 0.25) is 18.1 Å². The third-order valence-electron chi connectivity index (χ3n) is 5.47. The molecule has 0 heterocycles. The summed E-state index contributed by atoms with van der Waals surface area (Å²) in [5, 5.41) is 0.250. The first-order chi connectivity index (χ1) is 9.45. The lowest BCUT2D eigenvalue weighted by Crippen LogP contribution is -2.43. The zero-order valence-electron chi connectivity index (χ0n) is 15.2. The molecule has 1 rings (SSSR count). The van der Waals surface area contributed by atoms with Gasteiger partial charge in [-0.15, -0.1) is 0 Å². The van der Waals surface area contributed by atoms with Crippen LogP contribution >= 0.6 is 0 Å². The molecule has 0 N–H and O–H groups in total. The number of ketones is 1. The van der Waals surface area contributed by atoms with Gasteiger partial charge in [0.25, 0.3) is 0 Å². The van der Waals surface area contributed by atoms with Crippen molar-refractivity contribution in [2.75, 3.05) is 6.61 Å². The highest BCUT2D eigenvalue weighted by atomic mass is 28.4. The van der Waals surface area contributed by atoms with E-state index in [9.17, 15) is 4.79 Å². The number of hydrogen-bond donors (Lipinski definition) is 0. The topological polar surface area (TPSA) is 26.3 Å². The normalized spacial score (nSPS) is 25.5. The Morgan fingerprint density at radius 1 is 1.33 bits per heavy atom. The predicted molar refractivity (Wildman–Crippen MR) is 92.9 cm³/mol. The molecular weight excluding hydrogens is 276 g/mol. The fourth-order valence-electron chi connectivity index (χ4n) is 2.63. The van der Waals surface area contributed by atoms with Crippen LogP contribution < -0.4 is 0 Å². The smallest absolute Gasteiger partial charge is 0.191 e. The van der Waals surface area contributed by atoms with Gasteiger partial charge in [0, 0.05) is 12.5 Å². The monoisotopic (exact) mass is 310 g/mol. The van der Waals surface area contributed by atoms with Crippen LogP contribution in [-0.2, 0) is 9.22 Å². The van der Waals surface area contributed by atoms with Crippen molar-refractivity contribution in [1.82, 2.24) is 0 Å². The second-order valence-corrected chi connectivity index (χ2v) is 13.4. The minimum atomic E-state index is -1.70. The van der Waals surface area contributed by atoms with Crippen LogP contribution in [0.15, 0.2) is 12.2 Å². The maximum absolute atomic E-state index is 11.7. The third-order valence-corrected chi connectivity index (χ3v) is 9.97. The lowest BCUT2D eigenvalue weighted by atomic mass is 9.75. The van der Waals surface area contributed by atoms with Gasteiger partial charge in [0.05, 0.1) is 0 Å².